The third-order valence-corrected chi connectivity index (χ3v) is 1.69. The molecule has 0 heterocycles. The second-order valence-electron chi connectivity index (χ2n) is 3.02. The highest BCUT2D eigenvalue weighted by Crippen LogP contribution is 2.09. The van der Waals surface area contributed by atoms with Crippen molar-refractivity contribution in [1.29, 1.82) is 0 Å². The monoisotopic (exact) mass is 144 g/mol. The summed E-state index contributed by atoms with van der Waals surface area (Å²) >= 11 is 0. The first-order valence-corrected chi connectivity index (χ1v) is 3.67. The van der Waals surface area contributed by atoms with Crippen LogP contribution in [0.4, 0.5) is 0 Å². The van der Waals surface area contributed by atoms with Crippen molar-refractivity contribution in [3.05, 3.63) is 0 Å². The van der Waals surface area contributed by atoms with Crippen molar-refractivity contribution < 1.29 is 9.53 Å². The highest BCUT2D eigenvalue weighted by molar-refractivity contribution is 5.65. The molecule has 0 unspecified atom stereocenters. The Morgan fingerprint density at radius 3 is 2.20 bits per heavy atom. The van der Waals surface area contributed by atoms with E-state index in [-0.39, 0.29) is 5.97 Å². The molecule has 0 N–H and O–H groups in total. The van der Waals surface area contributed by atoms with Gasteiger partial charge in [-0.3, -0.25) is 4.79 Å². The van der Waals surface area contributed by atoms with Crippen molar-refractivity contribution in [1.82, 2.24) is 0 Å². The van der Waals surface area contributed by atoms with Crippen LogP contribution in [0.1, 0.15) is 27.7 Å². The zero-order valence-electron chi connectivity index (χ0n) is 7.18. The van der Waals surface area contributed by atoms with E-state index >= 15 is 0 Å². The van der Waals surface area contributed by atoms with E-state index < -0.39 is 0 Å². The lowest BCUT2D eigenvalue weighted by atomic mass is 9.99. The number of rotatable bonds is 3. The highest BCUT2D eigenvalue weighted by Gasteiger charge is 2.07. The Hall–Kier alpha value is -0.530. The first-order chi connectivity index (χ1) is 4.54. The minimum absolute atomic E-state index is 0.187. The molecular formula is C8H16O2. The van der Waals surface area contributed by atoms with Gasteiger partial charge in [0.2, 0.25) is 0 Å². The molecule has 2 heteroatoms. The Kier molecular flexibility index (Phi) is 4.08. The fraction of sp³-hybridized carbons (Fsp3) is 0.875. The van der Waals surface area contributed by atoms with Crippen molar-refractivity contribution >= 4 is 5.97 Å². The largest absolute Gasteiger partial charge is 0.466 e. The summed E-state index contributed by atoms with van der Waals surface area (Å²) in [6.45, 7) is 8.30. The molecule has 10 heavy (non-hydrogen) atoms. The molecule has 0 aliphatic rings. The topological polar surface area (TPSA) is 26.3 Å². The number of ether oxygens (including phenoxy) is 1. The number of carbonyl (C=O) groups is 1. The van der Waals surface area contributed by atoms with Crippen LogP contribution >= 0.6 is 0 Å². The summed E-state index contributed by atoms with van der Waals surface area (Å²) in [5, 5.41) is 0. The molecule has 0 aliphatic heterocycles. The Morgan fingerprint density at radius 1 is 1.40 bits per heavy atom. The van der Waals surface area contributed by atoms with Crippen molar-refractivity contribution in [2.24, 2.45) is 11.8 Å². The molecular weight excluding hydrogens is 128 g/mol. The van der Waals surface area contributed by atoms with E-state index in [1.807, 2.05) is 0 Å². The van der Waals surface area contributed by atoms with Gasteiger partial charge in [0.25, 0.3) is 0 Å². The van der Waals surface area contributed by atoms with E-state index in [0.717, 1.165) is 0 Å². The molecule has 60 valence electrons. The molecule has 0 saturated heterocycles. The molecule has 0 aromatic heterocycles. The Labute approximate surface area is 62.6 Å². The van der Waals surface area contributed by atoms with Crippen LogP contribution in [0, 0.1) is 11.8 Å². The average Bonchev–Trinajstić information content (AvgIpc) is 1.82. The molecule has 0 bridgehead atoms. The molecule has 0 spiro atoms. The zero-order chi connectivity index (χ0) is 8.15. The van der Waals surface area contributed by atoms with E-state index in [4.69, 9.17) is 4.74 Å². The van der Waals surface area contributed by atoms with Crippen LogP contribution in [0.3, 0.4) is 0 Å². The van der Waals surface area contributed by atoms with Gasteiger partial charge in [-0.15, -0.1) is 0 Å². The smallest absolute Gasteiger partial charge is 0.302 e. The summed E-state index contributed by atoms with van der Waals surface area (Å²) < 4.78 is 4.83. The third-order valence-electron chi connectivity index (χ3n) is 1.69. The lowest BCUT2D eigenvalue weighted by Gasteiger charge is -2.14. The van der Waals surface area contributed by atoms with Crippen LogP contribution in [0.2, 0.25) is 0 Å². The summed E-state index contributed by atoms with van der Waals surface area (Å²) in [7, 11) is 0. The van der Waals surface area contributed by atoms with Crippen molar-refractivity contribution in [2.45, 2.75) is 27.7 Å². The summed E-state index contributed by atoms with van der Waals surface area (Å²) in [6, 6.07) is 0. The lowest BCUT2D eigenvalue weighted by molar-refractivity contribution is -0.142. The van der Waals surface area contributed by atoms with Crippen LogP contribution in [-0.2, 0) is 9.53 Å². The second kappa shape index (κ2) is 4.31. The van der Waals surface area contributed by atoms with E-state index in [1.54, 1.807) is 0 Å². The number of carbonyl (C=O) groups excluding carboxylic acids is 1. The number of hydrogen-bond donors (Lipinski definition) is 0. The molecule has 1 atom stereocenters. The van der Waals surface area contributed by atoms with Crippen LogP contribution in [0.5, 0.6) is 0 Å². The molecule has 0 fully saturated rings. The summed E-state index contributed by atoms with van der Waals surface area (Å²) in [5.41, 5.74) is 0. The normalized spacial score (nSPS) is 13.3. The zero-order valence-corrected chi connectivity index (χ0v) is 7.18. The molecule has 0 aliphatic carbocycles. The maximum atomic E-state index is 10.3. The summed E-state index contributed by atoms with van der Waals surface area (Å²) in [6.07, 6.45) is 0. The standard InChI is InChI=1S/C8H16O2/c1-6(2)7(3)5-10-8(4)9/h6-7H,5H2,1-4H3/t7-/m0/s1. The van der Waals surface area contributed by atoms with Crippen LogP contribution in [0.15, 0.2) is 0 Å². The first-order valence-electron chi connectivity index (χ1n) is 3.67. The van der Waals surface area contributed by atoms with E-state index in [2.05, 4.69) is 20.8 Å². The molecule has 0 amide bonds. The summed E-state index contributed by atoms with van der Waals surface area (Å²) in [5.74, 6) is 0.857. The Morgan fingerprint density at radius 2 is 1.90 bits per heavy atom. The van der Waals surface area contributed by atoms with Crippen molar-refractivity contribution in [3.8, 4) is 0 Å². The highest BCUT2D eigenvalue weighted by atomic mass is 16.5. The van der Waals surface area contributed by atoms with Crippen LogP contribution in [0.25, 0.3) is 0 Å². The Balaban J connectivity index is 3.39. The predicted octanol–water partition coefficient (Wildman–Crippen LogP) is 1.84. The minimum Gasteiger partial charge on any atom is -0.466 e. The third kappa shape index (κ3) is 4.36. The Bertz CT molecular complexity index is 108. The maximum Gasteiger partial charge on any atom is 0.302 e. The van der Waals surface area contributed by atoms with Gasteiger partial charge in [-0.1, -0.05) is 20.8 Å². The van der Waals surface area contributed by atoms with Gasteiger partial charge in [0.15, 0.2) is 0 Å². The van der Waals surface area contributed by atoms with Crippen molar-refractivity contribution in [3.63, 3.8) is 0 Å². The van der Waals surface area contributed by atoms with Gasteiger partial charge in [-0.2, -0.15) is 0 Å². The fourth-order valence-corrected chi connectivity index (χ4v) is 0.441. The second-order valence-corrected chi connectivity index (χ2v) is 3.02. The van der Waals surface area contributed by atoms with Gasteiger partial charge in [0, 0.05) is 6.92 Å². The predicted molar refractivity (Wildman–Crippen MR) is 40.6 cm³/mol. The van der Waals surface area contributed by atoms with E-state index in [1.165, 1.54) is 6.92 Å². The first kappa shape index (κ1) is 9.47. The SMILES string of the molecule is CC(=O)OC[C@H](C)C(C)C. The van der Waals surface area contributed by atoms with Gasteiger partial charge in [0.05, 0.1) is 6.61 Å². The van der Waals surface area contributed by atoms with Gasteiger partial charge in [0.1, 0.15) is 0 Å². The van der Waals surface area contributed by atoms with Crippen LogP contribution in [-0.4, -0.2) is 12.6 Å². The van der Waals surface area contributed by atoms with Crippen molar-refractivity contribution in [2.75, 3.05) is 6.61 Å². The van der Waals surface area contributed by atoms with Gasteiger partial charge in [-0.05, 0) is 11.8 Å². The molecule has 0 rings (SSSR count). The maximum absolute atomic E-state index is 10.3. The van der Waals surface area contributed by atoms with Gasteiger partial charge in [-0.25, -0.2) is 0 Å². The molecule has 0 saturated carbocycles. The molecule has 0 radical (unpaired) electrons. The quantitative estimate of drug-likeness (QED) is 0.565. The lowest BCUT2D eigenvalue weighted by Crippen LogP contribution is -2.14. The minimum atomic E-state index is -0.187. The van der Waals surface area contributed by atoms with Crippen LogP contribution < -0.4 is 0 Å². The molecule has 2 nitrogen and oxygen atoms in total. The number of hydrogen-bond acceptors (Lipinski definition) is 2. The van der Waals surface area contributed by atoms with Gasteiger partial charge < -0.3 is 4.74 Å². The van der Waals surface area contributed by atoms with Gasteiger partial charge >= 0.3 is 5.97 Å². The van der Waals surface area contributed by atoms with E-state index in [9.17, 15) is 4.79 Å². The number of esters is 1. The average molecular weight is 144 g/mol. The molecule has 0 aromatic rings. The molecule has 0 aromatic carbocycles. The fourth-order valence-electron chi connectivity index (χ4n) is 0.441. The van der Waals surface area contributed by atoms with E-state index in [0.29, 0.717) is 18.4 Å². The summed E-state index contributed by atoms with van der Waals surface area (Å²) in [4.78, 5) is 10.3.